The molecule has 4 rings (SSSR count). The first-order valence-electron chi connectivity index (χ1n) is 8.71. The Morgan fingerprint density at radius 3 is 2.31 bits per heavy atom. The van der Waals surface area contributed by atoms with Gasteiger partial charge in [0.15, 0.2) is 5.76 Å². The Morgan fingerprint density at radius 2 is 1.62 bits per heavy atom. The van der Waals surface area contributed by atoms with Crippen molar-refractivity contribution in [2.45, 2.75) is 12.8 Å². The van der Waals surface area contributed by atoms with E-state index in [1.54, 1.807) is 24.3 Å². The second kappa shape index (κ2) is 7.26. The lowest BCUT2D eigenvalue weighted by Gasteiger charge is -2.17. The Hall–Kier alpha value is -2.72. The number of rotatable bonds is 4. The standard InChI is InChI=1S/C21H19ClN2O2/c22-16-5-3-15(4-6-16)19-11-12-20(26-19)21(25)23-17-7-9-18(10-8-17)24-13-1-2-14-24/h3-12H,1-2,13-14H2,(H,23,25). The molecule has 1 N–H and O–H groups in total. The third-order valence-corrected chi connectivity index (χ3v) is 4.81. The molecule has 0 saturated carbocycles. The molecule has 4 nitrogen and oxygen atoms in total. The Morgan fingerprint density at radius 1 is 0.923 bits per heavy atom. The van der Waals surface area contributed by atoms with Gasteiger partial charge >= 0.3 is 0 Å². The van der Waals surface area contributed by atoms with E-state index in [1.165, 1.54) is 18.5 Å². The van der Waals surface area contributed by atoms with Gasteiger partial charge in [0.05, 0.1) is 0 Å². The van der Waals surface area contributed by atoms with Crippen molar-refractivity contribution >= 4 is 28.9 Å². The molecule has 3 aromatic rings. The minimum absolute atomic E-state index is 0.265. The van der Waals surface area contributed by atoms with Gasteiger partial charge in [0.1, 0.15) is 5.76 Å². The molecule has 1 fully saturated rings. The monoisotopic (exact) mass is 366 g/mol. The second-order valence-electron chi connectivity index (χ2n) is 6.37. The molecule has 5 heteroatoms. The summed E-state index contributed by atoms with van der Waals surface area (Å²) in [5.74, 6) is 0.647. The number of hydrogen-bond donors (Lipinski definition) is 1. The van der Waals surface area contributed by atoms with E-state index in [9.17, 15) is 4.79 Å². The fourth-order valence-electron chi connectivity index (χ4n) is 3.15. The molecule has 26 heavy (non-hydrogen) atoms. The molecule has 1 aliphatic rings. The van der Waals surface area contributed by atoms with E-state index in [-0.39, 0.29) is 11.7 Å². The molecule has 1 saturated heterocycles. The fourth-order valence-corrected chi connectivity index (χ4v) is 3.28. The van der Waals surface area contributed by atoms with E-state index in [0.717, 1.165) is 24.3 Å². The third-order valence-electron chi connectivity index (χ3n) is 4.55. The van der Waals surface area contributed by atoms with Gasteiger partial charge in [0.2, 0.25) is 0 Å². The average molecular weight is 367 g/mol. The molecule has 0 unspecified atom stereocenters. The van der Waals surface area contributed by atoms with Crippen LogP contribution in [0.5, 0.6) is 0 Å². The highest BCUT2D eigenvalue weighted by Crippen LogP contribution is 2.25. The zero-order chi connectivity index (χ0) is 17.9. The van der Waals surface area contributed by atoms with E-state index < -0.39 is 0 Å². The van der Waals surface area contributed by atoms with Crippen molar-refractivity contribution < 1.29 is 9.21 Å². The van der Waals surface area contributed by atoms with Crippen LogP contribution in [0.15, 0.2) is 65.1 Å². The summed E-state index contributed by atoms with van der Waals surface area (Å²) in [4.78, 5) is 14.8. The molecule has 2 heterocycles. The molecule has 0 aliphatic carbocycles. The van der Waals surface area contributed by atoms with E-state index in [1.807, 2.05) is 36.4 Å². The molecule has 0 bridgehead atoms. The van der Waals surface area contributed by atoms with E-state index in [4.69, 9.17) is 16.0 Å². The molecule has 2 aromatic carbocycles. The van der Waals surface area contributed by atoms with Gasteiger partial charge in [-0.3, -0.25) is 4.79 Å². The smallest absolute Gasteiger partial charge is 0.291 e. The van der Waals surface area contributed by atoms with Crippen LogP contribution in [0.2, 0.25) is 5.02 Å². The summed E-state index contributed by atoms with van der Waals surface area (Å²) in [7, 11) is 0. The summed E-state index contributed by atoms with van der Waals surface area (Å²) in [5, 5.41) is 3.54. The summed E-state index contributed by atoms with van der Waals surface area (Å²) in [5.41, 5.74) is 2.83. The number of nitrogens with zero attached hydrogens (tertiary/aromatic N) is 1. The summed E-state index contributed by atoms with van der Waals surface area (Å²) in [6.45, 7) is 2.21. The number of hydrogen-bond acceptors (Lipinski definition) is 3. The number of nitrogens with one attached hydrogen (secondary N) is 1. The van der Waals surface area contributed by atoms with Crippen molar-refractivity contribution in [3.63, 3.8) is 0 Å². The van der Waals surface area contributed by atoms with Gasteiger partial charge in [-0.05, 0) is 73.5 Å². The van der Waals surface area contributed by atoms with Gasteiger partial charge in [-0.15, -0.1) is 0 Å². The number of benzene rings is 2. The van der Waals surface area contributed by atoms with Crippen LogP contribution in [-0.2, 0) is 0 Å². The van der Waals surface area contributed by atoms with E-state index in [0.29, 0.717) is 10.8 Å². The fraction of sp³-hybridized carbons (Fsp3) is 0.190. The van der Waals surface area contributed by atoms with E-state index >= 15 is 0 Å². The Bertz CT molecular complexity index is 895. The van der Waals surface area contributed by atoms with Gasteiger partial charge in [-0.1, -0.05) is 11.6 Å². The lowest BCUT2D eigenvalue weighted by Crippen LogP contribution is -2.17. The van der Waals surface area contributed by atoms with Crippen LogP contribution >= 0.6 is 11.6 Å². The minimum Gasteiger partial charge on any atom is -0.451 e. The lowest BCUT2D eigenvalue weighted by molar-refractivity contribution is 0.0997. The molecular formula is C21H19ClN2O2. The van der Waals surface area contributed by atoms with Gasteiger partial charge in [-0.25, -0.2) is 0 Å². The molecule has 1 aromatic heterocycles. The zero-order valence-electron chi connectivity index (χ0n) is 14.2. The summed E-state index contributed by atoms with van der Waals surface area (Å²) in [6, 6.07) is 18.7. The van der Waals surface area contributed by atoms with Crippen LogP contribution in [-0.4, -0.2) is 19.0 Å². The van der Waals surface area contributed by atoms with Crippen LogP contribution in [0, 0.1) is 0 Å². The Labute approximate surface area is 157 Å². The van der Waals surface area contributed by atoms with Gasteiger partial charge < -0.3 is 14.6 Å². The first-order chi connectivity index (χ1) is 12.7. The zero-order valence-corrected chi connectivity index (χ0v) is 15.0. The normalized spacial score (nSPS) is 13.8. The highest BCUT2D eigenvalue weighted by Gasteiger charge is 2.14. The molecule has 1 aliphatic heterocycles. The largest absolute Gasteiger partial charge is 0.451 e. The van der Waals surface area contributed by atoms with Crippen LogP contribution in [0.25, 0.3) is 11.3 Å². The van der Waals surface area contributed by atoms with Crippen molar-refractivity contribution in [2.24, 2.45) is 0 Å². The molecule has 132 valence electrons. The van der Waals surface area contributed by atoms with Crippen LogP contribution in [0.4, 0.5) is 11.4 Å². The van der Waals surface area contributed by atoms with Gasteiger partial charge in [-0.2, -0.15) is 0 Å². The number of halogens is 1. The van der Waals surface area contributed by atoms with Crippen molar-refractivity contribution in [1.82, 2.24) is 0 Å². The van der Waals surface area contributed by atoms with Gasteiger partial charge in [0.25, 0.3) is 5.91 Å². The van der Waals surface area contributed by atoms with Crippen molar-refractivity contribution in [3.05, 3.63) is 71.4 Å². The molecule has 0 radical (unpaired) electrons. The molecule has 1 amide bonds. The van der Waals surface area contributed by atoms with Crippen LogP contribution in [0.3, 0.4) is 0 Å². The predicted molar refractivity (Wildman–Crippen MR) is 105 cm³/mol. The van der Waals surface area contributed by atoms with Gasteiger partial charge in [0, 0.05) is 35.1 Å². The lowest BCUT2D eigenvalue weighted by atomic mass is 10.2. The number of carbonyl (C=O) groups excluding carboxylic acids is 1. The van der Waals surface area contributed by atoms with Crippen molar-refractivity contribution in [2.75, 3.05) is 23.3 Å². The topological polar surface area (TPSA) is 45.5 Å². The first-order valence-corrected chi connectivity index (χ1v) is 9.09. The quantitative estimate of drug-likeness (QED) is 0.667. The molecular weight excluding hydrogens is 348 g/mol. The number of carbonyl (C=O) groups is 1. The highest BCUT2D eigenvalue weighted by atomic mass is 35.5. The minimum atomic E-state index is -0.265. The maximum absolute atomic E-state index is 12.4. The Balaban J connectivity index is 1.44. The van der Waals surface area contributed by atoms with Crippen molar-refractivity contribution in [3.8, 4) is 11.3 Å². The number of amides is 1. The summed E-state index contributed by atoms with van der Waals surface area (Å²) < 4.78 is 5.69. The molecule has 0 atom stereocenters. The maximum Gasteiger partial charge on any atom is 0.291 e. The SMILES string of the molecule is O=C(Nc1ccc(N2CCCC2)cc1)c1ccc(-c2ccc(Cl)cc2)o1. The van der Waals surface area contributed by atoms with Crippen molar-refractivity contribution in [1.29, 1.82) is 0 Å². The molecule has 0 spiro atoms. The average Bonchev–Trinajstić information content (AvgIpc) is 3.35. The second-order valence-corrected chi connectivity index (χ2v) is 6.80. The maximum atomic E-state index is 12.4. The number of anilines is 2. The van der Waals surface area contributed by atoms with Crippen LogP contribution in [0.1, 0.15) is 23.4 Å². The third kappa shape index (κ3) is 3.60. The number of furan rings is 1. The predicted octanol–water partition coefficient (Wildman–Crippen LogP) is 5.45. The summed E-state index contributed by atoms with van der Waals surface area (Å²) in [6.07, 6.45) is 2.49. The first kappa shape index (κ1) is 16.7. The Kier molecular flexibility index (Phi) is 4.67. The van der Waals surface area contributed by atoms with E-state index in [2.05, 4.69) is 10.2 Å². The van der Waals surface area contributed by atoms with Crippen LogP contribution < -0.4 is 10.2 Å². The highest BCUT2D eigenvalue weighted by molar-refractivity contribution is 6.30. The summed E-state index contributed by atoms with van der Waals surface area (Å²) >= 11 is 5.90.